The molecule has 1 aromatic heterocycles. The van der Waals surface area contributed by atoms with Crippen LogP contribution in [-0.2, 0) is 27.4 Å². The summed E-state index contributed by atoms with van der Waals surface area (Å²) in [5.41, 5.74) is 0.996. The second-order valence-electron chi connectivity index (χ2n) is 6.47. The molecule has 2 N–H and O–H groups in total. The topological polar surface area (TPSA) is 101 Å². The van der Waals surface area contributed by atoms with E-state index in [1.54, 1.807) is 36.8 Å². The van der Waals surface area contributed by atoms with Gasteiger partial charge in [0.2, 0.25) is 10.0 Å². The molecule has 0 bridgehead atoms. The summed E-state index contributed by atoms with van der Waals surface area (Å²) >= 11 is -0.611. The summed E-state index contributed by atoms with van der Waals surface area (Å²) in [7, 11) is -3.90. The van der Waals surface area contributed by atoms with Crippen LogP contribution in [-0.4, -0.2) is 35.3 Å². The molecule has 0 radical (unpaired) electrons. The van der Waals surface area contributed by atoms with Gasteiger partial charge < -0.3 is 4.55 Å². The predicted molar refractivity (Wildman–Crippen MR) is 110 cm³/mol. The summed E-state index contributed by atoms with van der Waals surface area (Å²) < 4.78 is 72.7. The van der Waals surface area contributed by atoms with E-state index >= 15 is 0 Å². The first-order valence-corrected chi connectivity index (χ1v) is 11.9. The molecule has 0 aliphatic heterocycles. The maximum Gasteiger partial charge on any atom is 0.435 e. The van der Waals surface area contributed by atoms with E-state index in [2.05, 4.69) is 5.10 Å². The van der Waals surface area contributed by atoms with Gasteiger partial charge in [-0.1, -0.05) is 41.0 Å². The second-order valence-corrected chi connectivity index (χ2v) is 9.52. The molecule has 1 heterocycles. The molecule has 0 atom stereocenters. The average molecular weight is 460 g/mol. The number of hydrogen-bond acceptors (Lipinski definition) is 4. The summed E-state index contributed by atoms with van der Waals surface area (Å²) in [5, 5.41) is 8.70. The molecular formula is C19H20F3N3O3S2. The van der Waals surface area contributed by atoms with E-state index in [0.717, 1.165) is 16.3 Å². The van der Waals surface area contributed by atoms with Gasteiger partial charge in [0.1, 0.15) is 0 Å². The number of aromatic nitrogens is 2. The Hall–Kier alpha value is -2.34. The Morgan fingerprint density at radius 3 is 1.97 bits per heavy atom. The minimum absolute atomic E-state index is 0.138. The van der Waals surface area contributed by atoms with Gasteiger partial charge in [0.25, 0.3) is 0 Å². The van der Waals surface area contributed by atoms with Crippen LogP contribution in [0.2, 0.25) is 0 Å². The predicted octanol–water partition coefficient (Wildman–Crippen LogP) is 3.51. The summed E-state index contributed by atoms with van der Waals surface area (Å²) in [5.74, 6) is 0. The number of rotatable bonds is 3. The molecule has 3 aromatic rings. The zero-order chi connectivity index (χ0) is 22.7. The molecule has 0 unspecified atom stereocenters. The lowest BCUT2D eigenvalue weighted by Gasteiger charge is -2.09. The largest absolute Gasteiger partial charge is 0.617 e. The molecule has 0 aliphatic carbocycles. The zero-order valence-electron chi connectivity index (χ0n) is 16.3. The highest BCUT2D eigenvalue weighted by atomic mass is 32.2. The van der Waals surface area contributed by atoms with Gasteiger partial charge in [0, 0.05) is 5.56 Å². The first-order valence-electron chi connectivity index (χ1n) is 8.41. The van der Waals surface area contributed by atoms with Gasteiger partial charge in [-0.25, -0.2) is 18.2 Å². The van der Waals surface area contributed by atoms with E-state index in [0.29, 0.717) is 5.56 Å². The Bertz CT molecular complexity index is 1090. The molecule has 2 aromatic carbocycles. The van der Waals surface area contributed by atoms with Crippen molar-refractivity contribution in [2.24, 2.45) is 5.14 Å². The highest BCUT2D eigenvalue weighted by molar-refractivity contribution is 7.90. The molecule has 3 rings (SSSR count). The van der Waals surface area contributed by atoms with E-state index in [9.17, 15) is 26.1 Å². The number of primary sulfonamides is 1. The molecule has 0 spiro atoms. The third kappa shape index (κ3) is 6.33. The first-order chi connectivity index (χ1) is 13.8. The van der Waals surface area contributed by atoms with Crippen molar-refractivity contribution in [3.8, 4) is 16.9 Å². The van der Waals surface area contributed by atoms with E-state index in [4.69, 9.17) is 5.14 Å². The molecule has 0 saturated heterocycles. The van der Waals surface area contributed by atoms with Gasteiger partial charge in [-0.2, -0.15) is 18.3 Å². The fourth-order valence-corrected chi connectivity index (χ4v) is 2.94. The highest BCUT2D eigenvalue weighted by Gasteiger charge is 2.35. The fraction of sp³-hybridized carbons (Fsp3) is 0.211. The van der Waals surface area contributed by atoms with E-state index in [-0.39, 0.29) is 16.3 Å². The third-order valence-electron chi connectivity index (χ3n) is 3.76. The maximum absolute atomic E-state index is 13.1. The second kappa shape index (κ2) is 9.21. The van der Waals surface area contributed by atoms with Crippen molar-refractivity contribution in [3.05, 3.63) is 65.9 Å². The third-order valence-corrected chi connectivity index (χ3v) is 4.69. The Labute approximate surface area is 175 Å². The van der Waals surface area contributed by atoms with Crippen molar-refractivity contribution in [3.63, 3.8) is 0 Å². The van der Waals surface area contributed by atoms with Crippen molar-refractivity contribution in [2.45, 2.75) is 18.0 Å². The molecule has 0 aliphatic rings. The SMILES string of the molecule is C[S+](C)[O-].Cc1ccc(-c2cc(C(F)(F)F)nn2-c2ccc(S(N)(=O)=O)cc2)cc1. The summed E-state index contributed by atoms with van der Waals surface area (Å²) in [6, 6.07) is 13.1. The fourth-order valence-electron chi connectivity index (χ4n) is 2.42. The number of halogens is 3. The lowest BCUT2D eigenvalue weighted by molar-refractivity contribution is -0.141. The van der Waals surface area contributed by atoms with Gasteiger partial charge in [-0.3, -0.25) is 0 Å². The average Bonchev–Trinajstić information content (AvgIpc) is 3.07. The van der Waals surface area contributed by atoms with Crippen LogP contribution in [0.5, 0.6) is 0 Å². The number of alkyl halides is 3. The molecule has 6 nitrogen and oxygen atoms in total. The number of aryl methyl sites for hydroxylation is 1. The maximum atomic E-state index is 13.1. The summed E-state index contributed by atoms with van der Waals surface area (Å²) in [6.07, 6.45) is -1.33. The van der Waals surface area contributed by atoms with Crippen molar-refractivity contribution in [1.82, 2.24) is 9.78 Å². The Morgan fingerprint density at radius 1 is 1.03 bits per heavy atom. The number of benzene rings is 2. The quantitative estimate of drug-likeness (QED) is 0.606. The normalized spacial score (nSPS) is 11.9. The highest BCUT2D eigenvalue weighted by Crippen LogP contribution is 2.33. The monoisotopic (exact) mass is 459 g/mol. The van der Waals surface area contributed by atoms with Crippen LogP contribution >= 0.6 is 0 Å². The first kappa shape index (κ1) is 23.9. The molecule has 0 amide bonds. The Kier molecular flexibility index (Phi) is 7.35. The van der Waals surface area contributed by atoms with Crippen LogP contribution in [0, 0.1) is 6.92 Å². The molecule has 0 saturated carbocycles. The number of nitrogens with zero attached hydrogens (tertiary/aromatic N) is 2. The molecular weight excluding hydrogens is 439 g/mol. The lowest BCUT2D eigenvalue weighted by Crippen LogP contribution is -2.12. The van der Waals surface area contributed by atoms with Crippen molar-refractivity contribution in [2.75, 3.05) is 12.5 Å². The van der Waals surface area contributed by atoms with Crippen LogP contribution < -0.4 is 5.14 Å². The van der Waals surface area contributed by atoms with Crippen molar-refractivity contribution >= 4 is 21.2 Å². The minimum Gasteiger partial charge on any atom is -0.617 e. The van der Waals surface area contributed by atoms with E-state index < -0.39 is 33.1 Å². The Balaban J connectivity index is 0.000000735. The van der Waals surface area contributed by atoms with Gasteiger partial charge >= 0.3 is 6.18 Å². The summed E-state index contributed by atoms with van der Waals surface area (Å²) in [4.78, 5) is -0.138. The lowest BCUT2D eigenvalue weighted by atomic mass is 10.1. The number of hydrogen-bond donors (Lipinski definition) is 1. The number of sulfonamides is 1. The van der Waals surface area contributed by atoms with E-state index in [1.165, 1.54) is 24.3 Å². The zero-order valence-corrected chi connectivity index (χ0v) is 18.0. The minimum atomic E-state index is -4.61. The van der Waals surface area contributed by atoms with Crippen LogP contribution in [0.3, 0.4) is 0 Å². The van der Waals surface area contributed by atoms with Gasteiger partial charge in [0.05, 0.1) is 28.8 Å². The Morgan fingerprint density at radius 2 is 1.53 bits per heavy atom. The van der Waals surface area contributed by atoms with Crippen LogP contribution in [0.15, 0.2) is 59.5 Å². The molecule has 30 heavy (non-hydrogen) atoms. The van der Waals surface area contributed by atoms with Crippen molar-refractivity contribution < 1.29 is 26.1 Å². The molecule has 162 valence electrons. The molecule has 0 fully saturated rings. The van der Waals surface area contributed by atoms with Crippen LogP contribution in [0.4, 0.5) is 13.2 Å². The van der Waals surface area contributed by atoms with Crippen molar-refractivity contribution in [1.29, 1.82) is 0 Å². The number of nitrogens with two attached hydrogens (primary N) is 1. The summed E-state index contributed by atoms with van der Waals surface area (Å²) in [6.45, 7) is 1.87. The van der Waals surface area contributed by atoms with E-state index in [1.807, 2.05) is 6.92 Å². The van der Waals surface area contributed by atoms with Gasteiger partial charge in [-0.05, 0) is 37.3 Å². The van der Waals surface area contributed by atoms with Gasteiger partial charge in [-0.15, -0.1) is 0 Å². The van der Waals surface area contributed by atoms with Crippen LogP contribution in [0.1, 0.15) is 11.3 Å². The smallest absolute Gasteiger partial charge is 0.435 e. The van der Waals surface area contributed by atoms with Gasteiger partial charge in [0.15, 0.2) is 5.69 Å². The molecule has 11 heteroatoms. The standard InChI is InChI=1S/C17H14F3N3O2S.C2H6OS/c1-11-2-4-12(5-3-11)15-10-16(17(18,19)20)22-23(15)13-6-8-14(9-7-13)26(21,24)25;1-4(2)3/h2-10H,1H3,(H2,21,24,25);1-2H3. The van der Waals surface area contributed by atoms with Crippen LogP contribution in [0.25, 0.3) is 16.9 Å².